The predicted octanol–water partition coefficient (Wildman–Crippen LogP) is 0.810. The van der Waals surface area contributed by atoms with Crippen LogP contribution in [0.1, 0.15) is 11.3 Å². The molecule has 0 aliphatic rings. The molecule has 0 aliphatic heterocycles. The Labute approximate surface area is 110 Å². The molecule has 0 amide bonds. The van der Waals surface area contributed by atoms with Crippen LogP contribution in [0.2, 0.25) is 0 Å². The number of nitrogens with one attached hydrogen (secondary N) is 1. The summed E-state index contributed by atoms with van der Waals surface area (Å²) in [6.07, 6.45) is 0. The molecule has 0 bridgehead atoms. The first kappa shape index (κ1) is 16.2. The number of hydrogen-bond donors (Lipinski definition) is 1. The highest BCUT2D eigenvalue weighted by Gasteiger charge is 2.14. The van der Waals surface area contributed by atoms with Crippen LogP contribution in [0, 0.1) is 6.92 Å². The summed E-state index contributed by atoms with van der Waals surface area (Å²) in [5, 5.41) is 7.50. The van der Waals surface area contributed by atoms with E-state index in [1.165, 1.54) is 5.56 Å². The van der Waals surface area contributed by atoms with Crippen LogP contribution < -0.4 is 10.1 Å². The van der Waals surface area contributed by atoms with E-state index in [-0.39, 0.29) is 12.4 Å². The summed E-state index contributed by atoms with van der Waals surface area (Å²) in [5.41, 5.74) is 2.21. The van der Waals surface area contributed by atoms with Crippen molar-refractivity contribution in [3.8, 4) is 5.88 Å². The molecule has 0 aromatic carbocycles. The van der Waals surface area contributed by atoms with Gasteiger partial charge in [0.2, 0.25) is 5.88 Å². The molecule has 17 heavy (non-hydrogen) atoms. The van der Waals surface area contributed by atoms with E-state index >= 15 is 0 Å². The van der Waals surface area contributed by atoms with E-state index in [1.807, 2.05) is 21.0 Å². The van der Waals surface area contributed by atoms with Crippen molar-refractivity contribution < 1.29 is 4.74 Å². The summed E-state index contributed by atoms with van der Waals surface area (Å²) >= 11 is 0. The summed E-state index contributed by atoms with van der Waals surface area (Å²) in [6, 6.07) is 0. The lowest BCUT2D eigenvalue weighted by atomic mass is 10.2. The Kier molecular flexibility index (Phi) is 7.18. The van der Waals surface area contributed by atoms with Crippen molar-refractivity contribution in [2.45, 2.75) is 13.5 Å². The molecule has 0 radical (unpaired) electrons. The van der Waals surface area contributed by atoms with Crippen molar-refractivity contribution in [3.05, 3.63) is 11.3 Å². The molecule has 0 saturated carbocycles. The Balaban J connectivity index is 0.00000256. The molecule has 0 saturated heterocycles. The number of nitrogens with zero attached hydrogens (tertiary/aromatic N) is 3. The number of aromatic nitrogens is 2. The van der Waals surface area contributed by atoms with Crippen molar-refractivity contribution >= 4 is 12.4 Å². The molecule has 0 aliphatic carbocycles. The number of methoxy groups -OCH3 is 1. The molecule has 100 valence electrons. The fourth-order valence-electron chi connectivity index (χ4n) is 1.77. The van der Waals surface area contributed by atoms with E-state index < -0.39 is 0 Å². The third kappa shape index (κ3) is 4.18. The van der Waals surface area contributed by atoms with Crippen LogP contribution in [0.4, 0.5) is 0 Å². The minimum atomic E-state index is 0. The van der Waals surface area contributed by atoms with Crippen LogP contribution in [-0.2, 0) is 13.6 Å². The second-order valence-corrected chi connectivity index (χ2v) is 4.04. The van der Waals surface area contributed by atoms with Crippen molar-refractivity contribution in [2.24, 2.45) is 7.05 Å². The fourth-order valence-corrected chi connectivity index (χ4v) is 1.77. The Hall–Kier alpha value is -0.780. The molecular formula is C11H23ClN4O. The second-order valence-electron chi connectivity index (χ2n) is 4.04. The standard InChI is InChI=1S/C11H22N4O.ClH/c1-9-10(8-14(3)7-6-12-2)11(16-5)15(4)13-9;/h12H,6-8H2,1-5H3;1H. The van der Waals surface area contributed by atoms with Gasteiger partial charge in [-0.15, -0.1) is 12.4 Å². The van der Waals surface area contributed by atoms with Gasteiger partial charge in [-0.25, -0.2) is 4.68 Å². The minimum Gasteiger partial charge on any atom is -0.481 e. The molecule has 6 heteroatoms. The number of ether oxygens (including phenoxy) is 1. The lowest BCUT2D eigenvalue weighted by molar-refractivity contribution is 0.313. The van der Waals surface area contributed by atoms with E-state index in [1.54, 1.807) is 11.8 Å². The molecule has 0 spiro atoms. The van der Waals surface area contributed by atoms with Gasteiger partial charge in [-0.05, 0) is 21.0 Å². The van der Waals surface area contributed by atoms with Crippen LogP contribution in [-0.4, -0.2) is 49.0 Å². The summed E-state index contributed by atoms with van der Waals surface area (Å²) in [5.74, 6) is 0.855. The molecule has 1 N–H and O–H groups in total. The smallest absolute Gasteiger partial charge is 0.216 e. The van der Waals surface area contributed by atoms with Crippen molar-refractivity contribution in [2.75, 3.05) is 34.3 Å². The maximum atomic E-state index is 5.36. The average Bonchev–Trinajstić information content (AvgIpc) is 2.50. The van der Waals surface area contributed by atoms with Gasteiger partial charge in [-0.1, -0.05) is 0 Å². The van der Waals surface area contributed by atoms with Crippen LogP contribution in [0.15, 0.2) is 0 Å². The van der Waals surface area contributed by atoms with Gasteiger partial charge in [0.15, 0.2) is 0 Å². The van der Waals surface area contributed by atoms with Gasteiger partial charge in [-0.2, -0.15) is 5.10 Å². The highest BCUT2D eigenvalue weighted by Crippen LogP contribution is 2.21. The molecular weight excluding hydrogens is 240 g/mol. The molecule has 1 rings (SSSR count). The SMILES string of the molecule is CNCCN(C)Cc1c(C)nn(C)c1OC.Cl. The van der Waals surface area contributed by atoms with E-state index in [4.69, 9.17) is 4.74 Å². The lowest BCUT2D eigenvalue weighted by Gasteiger charge is -2.16. The fraction of sp³-hybridized carbons (Fsp3) is 0.727. The van der Waals surface area contributed by atoms with Crippen molar-refractivity contribution in [1.82, 2.24) is 20.0 Å². The Morgan fingerprint density at radius 1 is 1.47 bits per heavy atom. The molecule has 5 nitrogen and oxygen atoms in total. The summed E-state index contributed by atoms with van der Waals surface area (Å²) < 4.78 is 7.15. The number of aryl methyl sites for hydroxylation is 2. The average molecular weight is 263 g/mol. The highest BCUT2D eigenvalue weighted by molar-refractivity contribution is 5.85. The molecule has 0 fully saturated rings. The van der Waals surface area contributed by atoms with Gasteiger partial charge in [0.05, 0.1) is 18.4 Å². The molecule has 0 unspecified atom stereocenters. The third-order valence-electron chi connectivity index (χ3n) is 2.65. The zero-order valence-electron chi connectivity index (χ0n) is 11.3. The number of halogens is 1. The maximum absolute atomic E-state index is 5.36. The second kappa shape index (κ2) is 7.53. The first-order valence-electron chi connectivity index (χ1n) is 5.49. The third-order valence-corrected chi connectivity index (χ3v) is 2.65. The molecule has 1 heterocycles. The van der Waals surface area contributed by atoms with Crippen LogP contribution in [0.5, 0.6) is 5.88 Å². The molecule has 1 aromatic rings. The number of rotatable bonds is 6. The van der Waals surface area contributed by atoms with E-state index in [2.05, 4.69) is 22.4 Å². The van der Waals surface area contributed by atoms with Gasteiger partial charge in [-0.3, -0.25) is 0 Å². The first-order chi connectivity index (χ1) is 7.60. The minimum absolute atomic E-state index is 0. The van der Waals surface area contributed by atoms with Gasteiger partial charge in [0.1, 0.15) is 0 Å². The van der Waals surface area contributed by atoms with Crippen molar-refractivity contribution in [1.29, 1.82) is 0 Å². The molecule has 1 aromatic heterocycles. The zero-order chi connectivity index (χ0) is 12.1. The quantitative estimate of drug-likeness (QED) is 0.824. The van der Waals surface area contributed by atoms with Gasteiger partial charge >= 0.3 is 0 Å². The number of likely N-dealkylation sites (N-methyl/N-ethyl adjacent to an activating group) is 2. The summed E-state index contributed by atoms with van der Waals surface area (Å²) in [4.78, 5) is 2.25. The van der Waals surface area contributed by atoms with E-state index in [0.29, 0.717) is 0 Å². The zero-order valence-corrected chi connectivity index (χ0v) is 12.1. The lowest BCUT2D eigenvalue weighted by Crippen LogP contribution is -2.27. The Morgan fingerprint density at radius 2 is 2.12 bits per heavy atom. The van der Waals surface area contributed by atoms with E-state index in [9.17, 15) is 0 Å². The predicted molar refractivity (Wildman–Crippen MR) is 72.0 cm³/mol. The monoisotopic (exact) mass is 262 g/mol. The normalized spacial score (nSPS) is 10.5. The van der Waals surface area contributed by atoms with Crippen LogP contribution in [0.3, 0.4) is 0 Å². The highest BCUT2D eigenvalue weighted by atomic mass is 35.5. The van der Waals surface area contributed by atoms with Gasteiger partial charge < -0.3 is 15.0 Å². The van der Waals surface area contributed by atoms with Gasteiger partial charge in [0, 0.05) is 26.7 Å². The van der Waals surface area contributed by atoms with Crippen molar-refractivity contribution in [3.63, 3.8) is 0 Å². The van der Waals surface area contributed by atoms with Gasteiger partial charge in [0.25, 0.3) is 0 Å². The van der Waals surface area contributed by atoms with Crippen LogP contribution in [0.25, 0.3) is 0 Å². The Morgan fingerprint density at radius 3 is 2.65 bits per heavy atom. The first-order valence-corrected chi connectivity index (χ1v) is 5.49. The molecule has 0 atom stereocenters. The Bertz CT molecular complexity index is 340. The van der Waals surface area contributed by atoms with Crippen LogP contribution >= 0.6 is 12.4 Å². The largest absolute Gasteiger partial charge is 0.481 e. The topological polar surface area (TPSA) is 42.3 Å². The maximum Gasteiger partial charge on any atom is 0.216 e. The number of hydrogen-bond acceptors (Lipinski definition) is 4. The van der Waals surface area contributed by atoms with E-state index in [0.717, 1.165) is 31.2 Å². The summed E-state index contributed by atoms with van der Waals surface area (Å²) in [7, 11) is 7.66. The summed E-state index contributed by atoms with van der Waals surface area (Å²) in [6.45, 7) is 4.88.